The van der Waals surface area contributed by atoms with Gasteiger partial charge in [-0.1, -0.05) is 52.9 Å². The quantitative estimate of drug-likeness (QED) is 0.379. The highest BCUT2D eigenvalue weighted by Gasteiger charge is 2.18. The van der Waals surface area contributed by atoms with Crippen LogP contribution >= 0.6 is 0 Å². The minimum atomic E-state index is -0.00597. The number of ether oxygens (including phenoxy) is 1. The highest BCUT2D eigenvalue weighted by molar-refractivity contribution is 5.69. The van der Waals surface area contributed by atoms with Crippen molar-refractivity contribution in [2.75, 3.05) is 0 Å². The fraction of sp³-hybridized carbons (Fsp3) is 0.938. The van der Waals surface area contributed by atoms with Gasteiger partial charge in [-0.15, -0.1) is 0 Å². The summed E-state index contributed by atoms with van der Waals surface area (Å²) in [6.07, 6.45) is 10.00. The van der Waals surface area contributed by atoms with Gasteiger partial charge in [0.05, 0.1) is 0 Å². The van der Waals surface area contributed by atoms with Crippen molar-refractivity contribution in [2.45, 2.75) is 91.6 Å². The molecule has 0 spiro atoms. The summed E-state index contributed by atoms with van der Waals surface area (Å²) in [6, 6.07) is 0. The Kier molecular flexibility index (Phi) is 11.2. The summed E-state index contributed by atoms with van der Waals surface area (Å²) in [7, 11) is 0. The molecule has 0 aromatic rings. The zero-order chi connectivity index (χ0) is 13.8. The molecule has 0 aliphatic heterocycles. The standard InChI is InChI=1S/C16H32O2/c1-5-8-9-10-11-13-16(17)18-14(4)15(7-3)12-6-2/h14-15H,5-13H2,1-4H3. The fourth-order valence-electron chi connectivity index (χ4n) is 2.38. The second-order valence-corrected chi connectivity index (χ2v) is 5.32. The van der Waals surface area contributed by atoms with Crippen molar-refractivity contribution in [1.82, 2.24) is 0 Å². The molecule has 0 aliphatic carbocycles. The summed E-state index contributed by atoms with van der Waals surface area (Å²) >= 11 is 0. The van der Waals surface area contributed by atoms with Crippen LogP contribution in [0.3, 0.4) is 0 Å². The monoisotopic (exact) mass is 256 g/mol. The van der Waals surface area contributed by atoms with Crippen LogP contribution in [0.25, 0.3) is 0 Å². The molecule has 0 amide bonds. The van der Waals surface area contributed by atoms with E-state index in [2.05, 4.69) is 20.8 Å². The summed E-state index contributed by atoms with van der Waals surface area (Å²) < 4.78 is 5.52. The third-order valence-corrected chi connectivity index (χ3v) is 3.65. The van der Waals surface area contributed by atoms with E-state index in [1.807, 2.05) is 6.92 Å². The lowest BCUT2D eigenvalue weighted by Gasteiger charge is -2.22. The van der Waals surface area contributed by atoms with Crippen molar-refractivity contribution in [2.24, 2.45) is 5.92 Å². The first-order chi connectivity index (χ1) is 8.65. The van der Waals surface area contributed by atoms with Crippen LogP contribution in [0.1, 0.15) is 85.5 Å². The molecule has 2 unspecified atom stereocenters. The Morgan fingerprint density at radius 1 is 1.00 bits per heavy atom. The Bertz CT molecular complexity index is 201. The molecule has 2 heteroatoms. The highest BCUT2D eigenvalue weighted by Crippen LogP contribution is 2.19. The first kappa shape index (κ1) is 17.5. The largest absolute Gasteiger partial charge is 0.462 e. The van der Waals surface area contributed by atoms with Crippen molar-refractivity contribution in [1.29, 1.82) is 0 Å². The van der Waals surface area contributed by atoms with Crippen molar-refractivity contribution in [3.8, 4) is 0 Å². The van der Waals surface area contributed by atoms with E-state index in [-0.39, 0.29) is 12.1 Å². The van der Waals surface area contributed by atoms with Crippen LogP contribution in [0.5, 0.6) is 0 Å². The van der Waals surface area contributed by atoms with Crippen LogP contribution in [0.15, 0.2) is 0 Å². The van der Waals surface area contributed by atoms with Crippen molar-refractivity contribution in [3.63, 3.8) is 0 Å². The van der Waals surface area contributed by atoms with Gasteiger partial charge in [0.1, 0.15) is 6.10 Å². The average molecular weight is 256 g/mol. The summed E-state index contributed by atoms with van der Waals surface area (Å²) in [5.74, 6) is 0.521. The third-order valence-electron chi connectivity index (χ3n) is 3.65. The predicted molar refractivity (Wildman–Crippen MR) is 77.6 cm³/mol. The molecule has 0 N–H and O–H groups in total. The summed E-state index contributed by atoms with van der Waals surface area (Å²) in [6.45, 7) is 8.60. The van der Waals surface area contributed by atoms with E-state index in [1.54, 1.807) is 0 Å². The van der Waals surface area contributed by atoms with Crippen molar-refractivity contribution in [3.05, 3.63) is 0 Å². The van der Waals surface area contributed by atoms with Gasteiger partial charge in [0, 0.05) is 6.42 Å². The molecule has 0 rings (SSSR count). The molecule has 108 valence electrons. The van der Waals surface area contributed by atoms with Gasteiger partial charge in [0.15, 0.2) is 0 Å². The Labute approximate surface area is 113 Å². The van der Waals surface area contributed by atoms with Crippen LogP contribution in [0, 0.1) is 5.92 Å². The van der Waals surface area contributed by atoms with E-state index >= 15 is 0 Å². The molecule has 0 aromatic carbocycles. The van der Waals surface area contributed by atoms with E-state index in [0.29, 0.717) is 12.3 Å². The topological polar surface area (TPSA) is 26.3 Å². The first-order valence-corrected chi connectivity index (χ1v) is 7.85. The fourth-order valence-corrected chi connectivity index (χ4v) is 2.38. The summed E-state index contributed by atoms with van der Waals surface area (Å²) in [5.41, 5.74) is 0. The smallest absolute Gasteiger partial charge is 0.306 e. The number of unbranched alkanes of at least 4 members (excludes halogenated alkanes) is 4. The van der Waals surface area contributed by atoms with Gasteiger partial charge in [-0.25, -0.2) is 0 Å². The minimum Gasteiger partial charge on any atom is -0.462 e. The molecule has 0 aromatic heterocycles. The van der Waals surface area contributed by atoms with Crippen LogP contribution < -0.4 is 0 Å². The van der Waals surface area contributed by atoms with Crippen molar-refractivity contribution >= 4 is 5.97 Å². The molecule has 2 atom stereocenters. The SMILES string of the molecule is CCCCCCCC(=O)OC(C)C(CC)CCC. The van der Waals surface area contributed by atoms with Crippen LogP contribution in [-0.4, -0.2) is 12.1 Å². The Hall–Kier alpha value is -0.530. The van der Waals surface area contributed by atoms with Crippen LogP contribution in [0.2, 0.25) is 0 Å². The number of hydrogen-bond acceptors (Lipinski definition) is 2. The normalized spacial score (nSPS) is 14.2. The second kappa shape index (κ2) is 11.6. The number of carbonyl (C=O) groups is 1. The van der Waals surface area contributed by atoms with E-state index in [0.717, 1.165) is 32.1 Å². The van der Waals surface area contributed by atoms with Gasteiger partial charge < -0.3 is 4.74 Å². The molecule has 18 heavy (non-hydrogen) atoms. The average Bonchev–Trinajstić information content (AvgIpc) is 2.35. The molecule has 0 heterocycles. The lowest BCUT2D eigenvalue weighted by Crippen LogP contribution is -2.23. The van der Waals surface area contributed by atoms with E-state index in [4.69, 9.17) is 4.74 Å². The van der Waals surface area contributed by atoms with Gasteiger partial charge in [-0.05, 0) is 32.1 Å². The summed E-state index contributed by atoms with van der Waals surface area (Å²) in [5, 5.41) is 0. The third kappa shape index (κ3) is 8.54. The summed E-state index contributed by atoms with van der Waals surface area (Å²) in [4.78, 5) is 11.7. The molecule has 0 saturated heterocycles. The van der Waals surface area contributed by atoms with E-state index in [9.17, 15) is 4.79 Å². The van der Waals surface area contributed by atoms with Gasteiger partial charge in [0.2, 0.25) is 0 Å². The molecular weight excluding hydrogens is 224 g/mol. The Morgan fingerprint density at radius 2 is 1.67 bits per heavy atom. The highest BCUT2D eigenvalue weighted by atomic mass is 16.5. The second-order valence-electron chi connectivity index (χ2n) is 5.32. The number of hydrogen-bond donors (Lipinski definition) is 0. The van der Waals surface area contributed by atoms with Gasteiger partial charge >= 0.3 is 5.97 Å². The lowest BCUT2D eigenvalue weighted by molar-refractivity contribution is -0.151. The number of esters is 1. The van der Waals surface area contributed by atoms with Gasteiger partial charge in [0.25, 0.3) is 0 Å². The molecule has 0 aliphatic rings. The zero-order valence-electron chi connectivity index (χ0n) is 12.8. The molecule has 0 saturated carbocycles. The maximum Gasteiger partial charge on any atom is 0.306 e. The Balaban J connectivity index is 3.71. The molecule has 0 bridgehead atoms. The maximum absolute atomic E-state index is 11.7. The van der Waals surface area contributed by atoms with Crippen molar-refractivity contribution < 1.29 is 9.53 Å². The molecule has 2 nitrogen and oxygen atoms in total. The predicted octanol–water partition coefficient (Wildman–Crippen LogP) is 5.10. The molecular formula is C16H32O2. The number of rotatable bonds is 11. The van der Waals surface area contributed by atoms with Crippen LogP contribution in [-0.2, 0) is 9.53 Å². The maximum atomic E-state index is 11.7. The van der Waals surface area contributed by atoms with Gasteiger partial charge in [-0.3, -0.25) is 4.79 Å². The zero-order valence-corrected chi connectivity index (χ0v) is 12.8. The van der Waals surface area contributed by atoms with Crippen LogP contribution in [0.4, 0.5) is 0 Å². The number of carbonyl (C=O) groups excluding carboxylic acids is 1. The lowest BCUT2D eigenvalue weighted by atomic mass is 9.95. The van der Waals surface area contributed by atoms with E-state index < -0.39 is 0 Å². The first-order valence-electron chi connectivity index (χ1n) is 7.85. The molecule has 0 fully saturated rings. The molecule has 0 radical (unpaired) electrons. The minimum absolute atomic E-state index is 0.00597. The van der Waals surface area contributed by atoms with E-state index in [1.165, 1.54) is 19.3 Å². The van der Waals surface area contributed by atoms with Gasteiger partial charge in [-0.2, -0.15) is 0 Å². The Morgan fingerprint density at radius 3 is 2.22 bits per heavy atom.